The maximum Gasteiger partial charge on any atom is 0.225 e. The van der Waals surface area contributed by atoms with Crippen molar-refractivity contribution in [2.75, 3.05) is 37.1 Å². The molecule has 124 valence electrons. The Bertz CT molecular complexity index is 630. The third kappa shape index (κ3) is 3.67. The minimum Gasteiger partial charge on any atom is -0.380 e. The molecule has 0 saturated carbocycles. The normalized spacial score (nSPS) is 19.6. The van der Waals surface area contributed by atoms with Crippen LogP contribution in [0.4, 0.5) is 11.6 Å². The molecule has 1 fully saturated rings. The van der Waals surface area contributed by atoms with E-state index in [-0.39, 0.29) is 12.1 Å². The Kier molecular flexibility index (Phi) is 4.91. The number of anilines is 2. The molecule has 1 saturated heterocycles. The number of rotatable bonds is 5. The summed E-state index contributed by atoms with van der Waals surface area (Å²) in [7, 11) is 0.499. The molecule has 2 rings (SSSR count). The minimum absolute atomic E-state index is 0.223. The summed E-state index contributed by atoms with van der Waals surface area (Å²) in [5.74, 6) is 0.588. The van der Waals surface area contributed by atoms with Gasteiger partial charge in [0.15, 0.2) is 0 Å². The first-order chi connectivity index (χ1) is 10.2. The maximum absolute atomic E-state index is 12.0. The molecule has 0 radical (unpaired) electrons. The lowest BCUT2D eigenvalue weighted by molar-refractivity contribution is 0.394. The zero-order chi connectivity index (χ0) is 16.5. The van der Waals surface area contributed by atoms with Gasteiger partial charge in [-0.2, -0.15) is 4.31 Å². The van der Waals surface area contributed by atoms with Gasteiger partial charge in [0, 0.05) is 26.7 Å². The largest absolute Gasteiger partial charge is 0.380 e. The van der Waals surface area contributed by atoms with E-state index in [0.29, 0.717) is 12.5 Å². The second kappa shape index (κ2) is 6.37. The van der Waals surface area contributed by atoms with Gasteiger partial charge >= 0.3 is 0 Å². The van der Waals surface area contributed by atoms with Gasteiger partial charge in [-0.3, -0.25) is 0 Å². The van der Waals surface area contributed by atoms with E-state index in [1.807, 2.05) is 32.8 Å². The van der Waals surface area contributed by atoms with E-state index in [4.69, 9.17) is 0 Å². The minimum atomic E-state index is -3.25. The lowest BCUT2D eigenvalue weighted by Crippen LogP contribution is -2.31. The highest BCUT2D eigenvalue weighted by Gasteiger charge is 2.35. The first kappa shape index (κ1) is 17.0. The predicted octanol–water partition coefficient (Wildman–Crippen LogP) is 1.46. The lowest BCUT2D eigenvalue weighted by Gasteiger charge is -2.25. The van der Waals surface area contributed by atoms with Crippen molar-refractivity contribution in [2.45, 2.75) is 38.8 Å². The highest BCUT2D eigenvalue weighted by molar-refractivity contribution is 7.88. The number of nitrogens with one attached hydrogen (secondary N) is 1. The number of aromatic nitrogens is 2. The van der Waals surface area contributed by atoms with E-state index in [1.54, 1.807) is 10.5 Å². The van der Waals surface area contributed by atoms with Crippen LogP contribution in [0.3, 0.4) is 0 Å². The van der Waals surface area contributed by atoms with Gasteiger partial charge < -0.3 is 10.2 Å². The van der Waals surface area contributed by atoms with Gasteiger partial charge in [0.25, 0.3) is 0 Å². The Morgan fingerprint density at radius 2 is 2.09 bits per heavy atom. The molecule has 0 aliphatic carbocycles. The van der Waals surface area contributed by atoms with Crippen molar-refractivity contribution in [2.24, 2.45) is 0 Å². The second-order valence-electron chi connectivity index (χ2n) is 6.19. The molecule has 1 aromatic rings. The smallest absolute Gasteiger partial charge is 0.225 e. The van der Waals surface area contributed by atoms with Gasteiger partial charge in [0.2, 0.25) is 16.0 Å². The Balaban J connectivity index is 2.48. The standard InChI is InChI=1S/C14H25N5O2S/c1-10(2)16-11-9-15-14(18(3)4)17-13(11)12-7-6-8-19(12)22(5,20)21/h9-10,12,16H,6-8H2,1-5H3/t12-/m1/s1. The molecule has 1 N–H and O–H groups in total. The molecule has 0 spiro atoms. The quantitative estimate of drug-likeness (QED) is 0.882. The molecule has 1 aliphatic rings. The van der Waals surface area contributed by atoms with Gasteiger partial charge in [0.05, 0.1) is 29.9 Å². The highest BCUT2D eigenvalue weighted by Crippen LogP contribution is 2.36. The zero-order valence-electron chi connectivity index (χ0n) is 13.9. The number of nitrogens with zero attached hydrogens (tertiary/aromatic N) is 4. The summed E-state index contributed by atoms with van der Waals surface area (Å²) < 4.78 is 25.6. The fourth-order valence-electron chi connectivity index (χ4n) is 2.69. The van der Waals surface area contributed by atoms with Crippen LogP contribution >= 0.6 is 0 Å². The third-order valence-corrected chi connectivity index (χ3v) is 4.88. The summed E-state index contributed by atoms with van der Waals surface area (Å²) in [6, 6.07) is -0.00130. The van der Waals surface area contributed by atoms with Crippen LogP contribution in [0.2, 0.25) is 0 Å². The van der Waals surface area contributed by atoms with Gasteiger partial charge in [-0.1, -0.05) is 0 Å². The highest BCUT2D eigenvalue weighted by atomic mass is 32.2. The number of hydrogen-bond acceptors (Lipinski definition) is 6. The van der Waals surface area contributed by atoms with Gasteiger partial charge in [-0.25, -0.2) is 18.4 Å². The molecule has 0 amide bonds. The molecule has 1 atom stereocenters. The monoisotopic (exact) mass is 327 g/mol. The molecule has 1 aromatic heterocycles. The van der Waals surface area contributed by atoms with Crippen LogP contribution in [0.1, 0.15) is 38.4 Å². The summed E-state index contributed by atoms with van der Waals surface area (Å²) in [5, 5.41) is 3.32. The van der Waals surface area contributed by atoms with E-state index in [0.717, 1.165) is 24.2 Å². The van der Waals surface area contributed by atoms with Crippen LogP contribution in [-0.4, -0.2) is 55.6 Å². The third-order valence-electron chi connectivity index (χ3n) is 3.60. The fourth-order valence-corrected chi connectivity index (χ4v) is 3.82. The van der Waals surface area contributed by atoms with Crippen LogP contribution in [0.15, 0.2) is 6.20 Å². The average Bonchev–Trinajstić information content (AvgIpc) is 2.87. The first-order valence-corrected chi connectivity index (χ1v) is 9.32. The molecule has 1 aliphatic heterocycles. The van der Waals surface area contributed by atoms with Gasteiger partial charge in [-0.05, 0) is 26.7 Å². The van der Waals surface area contributed by atoms with Crippen LogP contribution < -0.4 is 10.2 Å². The summed E-state index contributed by atoms with van der Waals surface area (Å²) in [6.45, 7) is 4.62. The molecule has 0 bridgehead atoms. The summed E-state index contributed by atoms with van der Waals surface area (Å²) in [5.41, 5.74) is 1.57. The molecule has 8 heteroatoms. The maximum atomic E-state index is 12.0. The van der Waals surface area contributed by atoms with Crippen molar-refractivity contribution in [1.29, 1.82) is 0 Å². The zero-order valence-corrected chi connectivity index (χ0v) is 14.7. The van der Waals surface area contributed by atoms with Crippen molar-refractivity contribution in [3.8, 4) is 0 Å². The predicted molar refractivity (Wildman–Crippen MR) is 88.6 cm³/mol. The molecule has 7 nitrogen and oxygen atoms in total. The van der Waals surface area contributed by atoms with E-state index < -0.39 is 10.0 Å². The Morgan fingerprint density at radius 3 is 2.64 bits per heavy atom. The summed E-state index contributed by atoms with van der Waals surface area (Å²) in [6.07, 6.45) is 4.63. The van der Waals surface area contributed by atoms with Crippen molar-refractivity contribution in [1.82, 2.24) is 14.3 Å². The van der Waals surface area contributed by atoms with Gasteiger partial charge in [-0.15, -0.1) is 0 Å². The van der Waals surface area contributed by atoms with Crippen molar-refractivity contribution >= 4 is 21.7 Å². The molecular formula is C14H25N5O2S. The van der Waals surface area contributed by atoms with E-state index in [1.165, 1.54) is 6.26 Å². The van der Waals surface area contributed by atoms with E-state index in [2.05, 4.69) is 15.3 Å². The second-order valence-corrected chi connectivity index (χ2v) is 8.13. The average molecular weight is 327 g/mol. The van der Waals surface area contributed by atoms with Crippen molar-refractivity contribution in [3.05, 3.63) is 11.9 Å². The van der Waals surface area contributed by atoms with Crippen LogP contribution in [0.5, 0.6) is 0 Å². The molecule has 0 unspecified atom stereocenters. The van der Waals surface area contributed by atoms with E-state index >= 15 is 0 Å². The summed E-state index contributed by atoms with van der Waals surface area (Å²) in [4.78, 5) is 10.8. The molecule has 2 heterocycles. The van der Waals surface area contributed by atoms with Crippen LogP contribution in [0, 0.1) is 0 Å². The number of hydrogen-bond donors (Lipinski definition) is 1. The van der Waals surface area contributed by atoms with Gasteiger partial charge in [0.1, 0.15) is 0 Å². The van der Waals surface area contributed by atoms with Crippen molar-refractivity contribution < 1.29 is 8.42 Å². The van der Waals surface area contributed by atoms with Crippen molar-refractivity contribution in [3.63, 3.8) is 0 Å². The van der Waals surface area contributed by atoms with Crippen LogP contribution in [-0.2, 0) is 10.0 Å². The molecule has 0 aromatic carbocycles. The van der Waals surface area contributed by atoms with E-state index in [9.17, 15) is 8.42 Å². The SMILES string of the molecule is CC(C)Nc1cnc(N(C)C)nc1[C@H]1CCCN1S(C)(=O)=O. The molecular weight excluding hydrogens is 302 g/mol. The number of sulfonamides is 1. The molecule has 22 heavy (non-hydrogen) atoms. The lowest BCUT2D eigenvalue weighted by atomic mass is 10.1. The first-order valence-electron chi connectivity index (χ1n) is 7.47. The Morgan fingerprint density at radius 1 is 1.41 bits per heavy atom. The Labute approximate surface area is 132 Å². The Hall–Kier alpha value is -1.41. The van der Waals surface area contributed by atoms with Crippen LogP contribution in [0.25, 0.3) is 0 Å². The topological polar surface area (TPSA) is 78.4 Å². The fraction of sp³-hybridized carbons (Fsp3) is 0.714. The summed E-state index contributed by atoms with van der Waals surface area (Å²) >= 11 is 0.